The van der Waals surface area contributed by atoms with E-state index in [1.807, 2.05) is 19.1 Å². The predicted molar refractivity (Wildman–Crippen MR) is 120 cm³/mol. The van der Waals surface area contributed by atoms with Gasteiger partial charge in [0.25, 0.3) is 0 Å². The lowest BCUT2D eigenvalue weighted by molar-refractivity contribution is -0.121. The van der Waals surface area contributed by atoms with E-state index in [-0.39, 0.29) is 30.6 Å². The van der Waals surface area contributed by atoms with Crippen molar-refractivity contribution in [3.05, 3.63) is 65.2 Å². The molecule has 0 unspecified atom stereocenters. The molecule has 0 atom stereocenters. The number of likely N-dealkylation sites (tertiary alicyclic amines) is 1. The molecule has 2 aromatic carbocycles. The van der Waals surface area contributed by atoms with Crippen LogP contribution in [0.4, 0.5) is 0 Å². The van der Waals surface area contributed by atoms with Crippen LogP contribution in [0.1, 0.15) is 54.1 Å². The molecular formula is C25H32N2O4. The summed E-state index contributed by atoms with van der Waals surface area (Å²) in [4.78, 5) is 26.8. The van der Waals surface area contributed by atoms with Crippen molar-refractivity contribution in [3.8, 4) is 5.75 Å². The average molecular weight is 425 g/mol. The number of rotatable bonds is 10. The predicted octanol–water partition coefficient (Wildman–Crippen LogP) is 3.32. The van der Waals surface area contributed by atoms with E-state index < -0.39 is 0 Å². The molecule has 31 heavy (non-hydrogen) atoms. The molecule has 1 saturated heterocycles. The first-order valence-electron chi connectivity index (χ1n) is 11.0. The number of nitrogens with zero attached hydrogens (tertiary/aromatic N) is 1. The van der Waals surface area contributed by atoms with E-state index in [0.29, 0.717) is 18.7 Å². The number of nitrogens with one attached hydrogen (secondary N) is 1. The Morgan fingerprint density at radius 2 is 1.65 bits per heavy atom. The molecule has 3 rings (SSSR count). The highest BCUT2D eigenvalue weighted by atomic mass is 16.5. The highest BCUT2D eigenvalue weighted by Crippen LogP contribution is 2.15. The summed E-state index contributed by atoms with van der Waals surface area (Å²) in [5.41, 5.74) is 2.85. The monoisotopic (exact) mass is 424 g/mol. The number of hydrogen-bond acceptors (Lipinski definition) is 5. The quantitative estimate of drug-likeness (QED) is 0.572. The first-order chi connectivity index (χ1) is 15.0. The second-order valence-corrected chi connectivity index (χ2v) is 7.98. The van der Waals surface area contributed by atoms with Gasteiger partial charge in [-0.3, -0.25) is 14.5 Å². The van der Waals surface area contributed by atoms with Crippen molar-refractivity contribution in [2.45, 2.75) is 51.8 Å². The Balaban J connectivity index is 1.37. The Labute approximate surface area is 184 Å². The fourth-order valence-electron chi connectivity index (χ4n) is 3.66. The Hall–Kier alpha value is -2.70. The van der Waals surface area contributed by atoms with Gasteiger partial charge >= 0.3 is 0 Å². The summed E-state index contributed by atoms with van der Waals surface area (Å²) in [7, 11) is 0. The summed E-state index contributed by atoms with van der Waals surface area (Å²) >= 11 is 0. The second kappa shape index (κ2) is 11.6. The van der Waals surface area contributed by atoms with Crippen LogP contribution in [0, 0.1) is 0 Å². The summed E-state index contributed by atoms with van der Waals surface area (Å²) in [6, 6.07) is 15.2. The number of aliphatic hydroxyl groups is 1. The fourth-order valence-corrected chi connectivity index (χ4v) is 3.66. The molecule has 1 heterocycles. The van der Waals surface area contributed by atoms with E-state index in [4.69, 9.17) is 4.74 Å². The molecule has 6 nitrogen and oxygen atoms in total. The molecule has 2 aromatic rings. The molecule has 6 heteroatoms. The van der Waals surface area contributed by atoms with Gasteiger partial charge in [-0.2, -0.15) is 0 Å². The highest BCUT2D eigenvalue weighted by molar-refractivity contribution is 5.98. The zero-order chi connectivity index (χ0) is 22.1. The van der Waals surface area contributed by atoms with E-state index in [1.54, 1.807) is 24.3 Å². The van der Waals surface area contributed by atoms with E-state index >= 15 is 0 Å². The Morgan fingerprint density at radius 1 is 1.00 bits per heavy atom. The standard InChI is InChI=1S/C25H32N2O4/c1-2-31-23-9-7-21(8-10-23)24(29)11-12-25(30)26-17-19-3-5-20(6-4-19)18-27-15-13-22(28)14-16-27/h3-10,22,28H,2,11-18H2,1H3,(H,26,30). The van der Waals surface area contributed by atoms with Gasteiger partial charge in [-0.1, -0.05) is 24.3 Å². The van der Waals surface area contributed by atoms with E-state index in [2.05, 4.69) is 22.3 Å². The van der Waals surface area contributed by atoms with Crippen molar-refractivity contribution in [2.75, 3.05) is 19.7 Å². The van der Waals surface area contributed by atoms with Crippen LogP contribution in [0.5, 0.6) is 5.75 Å². The second-order valence-electron chi connectivity index (χ2n) is 7.98. The van der Waals surface area contributed by atoms with E-state index in [9.17, 15) is 14.7 Å². The van der Waals surface area contributed by atoms with Gasteiger partial charge in [-0.05, 0) is 55.2 Å². The first-order valence-corrected chi connectivity index (χ1v) is 11.0. The third kappa shape index (κ3) is 7.49. The molecule has 1 fully saturated rings. The molecule has 0 bridgehead atoms. The summed E-state index contributed by atoms with van der Waals surface area (Å²) < 4.78 is 5.38. The number of Topliss-reactive ketones (excluding diaryl/α,β-unsaturated/α-hetero) is 1. The lowest BCUT2D eigenvalue weighted by Gasteiger charge is -2.29. The maximum atomic E-state index is 12.3. The number of hydrogen-bond donors (Lipinski definition) is 2. The Morgan fingerprint density at radius 3 is 2.29 bits per heavy atom. The maximum Gasteiger partial charge on any atom is 0.220 e. The van der Waals surface area contributed by atoms with Gasteiger partial charge < -0.3 is 15.2 Å². The van der Waals surface area contributed by atoms with Gasteiger partial charge in [-0.25, -0.2) is 0 Å². The van der Waals surface area contributed by atoms with Crippen LogP contribution in [0.25, 0.3) is 0 Å². The SMILES string of the molecule is CCOc1ccc(C(=O)CCC(=O)NCc2ccc(CN3CCC(O)CC3)cc2)cc1. The molecule has 166 valence electrons. The van der Waals surface area contributed by atoms with Gasteiger partial charge in [0.2, 0.25) is 5.91 Å². The molecule has 0 aliphatic carbocycles. The number of aliphatic hydroxyl groups excluding tert-OH is 1. The van der Waals surface area contributed by atoms with Gasteiger partial charge in [-0.15, -0.1) is 0 Å². The zero-order valence-electron chi connectivity index (χ0n) is 18.2. The molecular weight excluding hydrogens is 392 g/mol. The van der Waals surface area contributed by atoms with Crippen LogP contribution in [-0.2, 0) is 17.9 Å². The minimum Gasteiger partial charge on any atom is -0.494 e. The minimum atomic E-state index is -0.154. The zero-order valence-corrected chi connectivity index (χ0v) is 18.2. The van der Waals surface area contributed by atoms with Gasteiger partial charge in [0, 0.05) is 44.6 Å². The van der Waals surface area contributed by atoms with E-state index in [0.717, 1.165) is 43.8 Å². The largest absolute Gasteiger partial charge is 0.494 e. The third-order valence-electron chi connectivity index (χ3n) is 5.54. The lowest BCUT2D eigenvalue weighted by atomic mass is 10.1. The van der Waals surface area contributed by atoms with Gasteiger partial charge in [0.1, 0.15) is 5.75 Å². The third-order valence-corrected chi connectivity index (χ3v) is 5.54. The van der Waals surface area contributed by atoms with Crippen molar-refractivity contribution in [1.29, 1.82) is 0 Å². The molecule has 0 spiro atoms. The van der Waals surface area contributed by atoms with Crippen molar-refractivity contribution in [3.63, 3.8) is 0 Å². The van der Waals surface area contributed by atoms with Crippen molar-refractivity contribution >= 4 is 11.7 Å². The van der Waals surface area contributed by atoms with E-state index in [1.165, 1.54) is 5.56 Å². The van der Waals surface area contributed by atoms with Crippen molar-refractivity contribution in [2.24, 2.45) is 0 Å². The van der Waals surface area contributed by atoms with Gasteiger partial charge in [0.15, 0.2) is 5.78 Å². The Kier molecular flexibility index (Phi) is 8.62. The van der Waals surface area contributed by atoms with Crippen LogP contribution < -0.4 is 10.1 Å². The number of carbonyl (C=O) groups excluding carboxylic acids is 2. The average Bonchev–Trinajstić information content (AvgIpc) is 2.79. The summed E-state index contributed by atoms with van der Waals surface area (Å²) in [5, 5.41) is 12.5. The number of carbonyl (C=O) groups is 2. The normalized spacial score (nSPS) is 14.9. The highest BCUT2D eigenvalue weighted by Gasteiger charge is 2.16. The number of ketones is 1. The van der Waals surface area contributed by atoms with Crippen LogP contribution in [0.3, 0.4) is 0 Å². The minimum absolute atomic E-state index is 0.0483. The Bertz CT molecular complexity index is 841. The van der Waals surface area contributed by atoms with Crippen LogP contribution >= 0.6 is 0 Å². The van der Waals surface area contributed by atoms with Crippen LogP contribution in [0.2, 0.25) is 0 Å². The number of benzene rings is 2. The molecule has 0 radical (unpaired) electrons. The number of piperidine rings is 1. The molecule has 1 aliphatic rings. The molecule has 1 aliphatic heterocycles. The molecule has 2 N–H and O–H groups in total. The molecule has 0 saturated carbocycles. The smallest absolute Gasteiger partial charge is 0.220 e. The lowest BCUT2D eigenvalue weighted by Crippen LogP contribution is -2.35. The summed E-state index contributed by atoms with van der Waals surface area (Å²) in [6.07, 6.45) is 1.88. The molecule has 0 aromatic heterocycles. The number of amides is 1. The first kappa shape index (κ1) is 23.0. The molecule has 1 amide bonds. The van der Waals surface area contributed by atoms with Crippen LogP contribution in [-0.4, -0.2) is 47.5 Å². The topological polar surface area (TPSA) is 78.9 Å². The fraction of sp³-hybridized carbons (Fsp3) is 0.440. The summed E-state index contributed by atoms with van der Waals surface area (Å²) in [6.45, 7) is 5.68. The number of ether oxygens (including phenoxy) is 1. The van der Waals surface area contributed by atoms with Crippen molar-refractivity contribution in [1.82, 2.24) is 10.2 Å². The van der Waals surface area contributed by atoms with Crippen LogP contribution in [0.15, 0.2) is 48.5 Å². The van der Waals surface area contributed by atoms with Crippen molar-refractivity contribution < 1.29 is 19.4 Å². The maximum absolute atomic E-state index is 12.3. The summed E-state index contributed by atoms with van der Waals surface area (Å²) in [5.74, 6) is 0.556. The van der Waals surface area contributed by atoms with Gasteiger partial charge in [0.05, 0.1) is 12.7 Å².